The molecule has 0 saturated carbocycles. The van der Waals surface area contributed by atoms with Gasteiger partial charge in [-0.15, -0.1) is 0 Å². The van der Waals surface area contributed by atoms with Gasteiger partial charge >= 0.3 is 0 Å². The van der Waals surface area contributed by atoms with Crippen LogP contribution in [-0.2, 0) is 4.79 Å². The van der Waals surface area contributed by atoms with Crippen LogP contribution in [0.15, 0.2) is 24.3 Å². The summed E-state index contributed by atoms with van der Waals surface area (Å²) >= 11 is 0. The van der Waals surface area contributed by atoms with Gasteiger partial charge in [-0.1, -0.05) is 0 Å². The molecule has 0 bridgehead atoms. The number of aliphatic hydroxyl groups excluding tert-OH is 1. The van der Waals surface area contributed by atoms with Crippen molar-refractivity contribution in [3.8, 4) is 5.75 Å². The van der Waals surface area contributed by atoms with Gasteiger partial charge in [0.2, 0.25) is 5.91 Å². The van der Waals surface area contributed by atoms with Gasteiger partial charge in [0.1, 0.15) is 18.5 Å². The largest absolute Gasteiger partial charge is 0.491 e. The molecule has 1 aliphatic heterocycles. The highest BCUT2D eigenvalue weighted by molar-refractivity contribution is 5.81. The third kappa shape index (κ3) is 3.85. The topological polar surface area (TPSA) is 87.8 Å². The Balaban J connectivity index is 1.78. The van der Waals surface area contributed by atoms with Crippen LogP contribution in [0.25, 0.3) is 0 Å². The van der Waals surface area contributed by atoms with Crippen molar-refractivity contribution in [2.75, 3.05) is 32.0 Å². The zero-order valence-electron chi connectivity index (χ0n) is 11.6. The van der Waals surface area contributed by atoms with E-state index in [0.29, 0.717) is 24.5 Å². The Kier molecular flexibility index (Phi) is 4.81. The average molecular weight is 279 g/mol. The molecule has 1 aliphatic rings. The van der Waals surface area contributed by atoms with Crippen LogP contribution in [0.2, 0.25) is 0 Å². The Morgan fingerprint density at radius 1 is 1.50 bits per heavy atom. The highest BCUT2D eigenvalue weighted by Gasteiger charge is 2.26. The molecular weight excluding hydrogens is 258 g/mol. The molecule has 110 valence electrons. The molecule has 6 heteroatoms. The van der Waals surface area contributed by atoms with Crippen LogP contribution in [0.5, 0.6) is 5.75 Å². The zero-order valence-corrected chi connectivity index (χ0v) is 11.6. The summed E-state index contributed by atoms with van der Waals surface area (Å²) in [5, 5.41) is 12.8. The normalized spacial score (nSPS) is 21.3. The van der Waals surface area contributed by atoms with E-state index in [4.69, 9.17) is 10.5 Å². The number of nitrogens with two attached hydrogens (primary N) is 1. The lowest BCUT2D eigenvalue weighted by Gasteiger charge is -2.33. The molecule has 2 unspecified atom stereocenters. The highest BCUT2D eigenvalue weighted by Crippen LogP contribution is 2.13. The smallest absolute Gasteiger partial charge is 0.237 e. The van der Waals surface area contributed by atoms with E-state index >= 15 is 0 Å². The number of piperazine rings is 1. The van der Waals surface area contributed by atoms with E-state index in [0.717, 1.165) is 6.54 Å². The number of rotatable bonds is 5. The van der Waals surface area contributed by atoms with Gasteiger partial charge in [0.05, 0.1) is 6.04 Å². The van der Waals surface area contributed by atoms with E-state index in [1.165, 1.54) is 0 Å². The van der Waals surface area contributed by atoms with Crippen LogP contribution < -0.4 is 15.8 Å². The lowest BCUT2D eigenvalue weighted by Crippen LogP contribution is -2.55. The number of anilines is 1. The maximum Gasteiger partial charge on any atom is 0.237 e. The molecule has 2 rings (SSSR count). The van der Waals surface area contributed by atoms with Crippen LogP contribution >= 0.6 is 0 Å². The summed E-state index contributed by atoms with van der Waals surface area (Å²) in [5.41, 5.74) is 6.26. The van der Waals surface area contributed by atoms with Crippen molar-refractivity contribution >= 4 is 11.6 Å². The van der Waals surface area contributed by atoms with Gasteiger partial charge in [-0.05, 0) is 31.2 Å². The molecule has 0 radical (unpaired) electrons. The molecular formula is C14H21N3O3. The maximum absolute atomic E-state index is 11.5. The summed E-state index contributed by atoms with van der Waals surface area (Å²) in [6.07, 6.45) is -0.638. The lowest BCUT2D eigenvalue weighted by atomic mass is 10.2. The quantitative estimate of drug-likeness (QED) is 0.651. The monoisotopic (exact) mass is 279 g/mol. The van der Waals surface area contributed by atoms with E-state index in [1.54, 1.807) is 24.3 Å². The predicted molar refractivity (Wildman–Crippen MR) is 76.4 cm³/mol. The molecule has 0 spiro atoms. The fourth-order valence-corrected chi connectivity index (χ4v) is 2.16. The molecule has 1 saturated heterocycles. The lowest BCUT2D eigenvalue weighted by molar-refractivity contribution is -0.129. The Morgan fingerprint density at radius 2 is 2.20 bits per heavy atom. The number of amides is 1. The Labute approximate surface area is 118 Å². The number of nitrogen functional groups attached to an aromatic ring is 1. The van der Waals surface area contributed by atoms with Gasteiger partial charge in [-0.2, -0.15) is 0 Å². The van der Waals surface area contributed by atoms with E-state index < -0.39 is 6.10 Å². The van der Waals surface area contributed by atoms with E-state index in [2.05, 4.69) is 5.32 Å². The molecule has 1 aromatic carbocycles. The third-order valence-corrected chi connectivity index (χ3v) is 3.39. The SMILES string of the molecule is CC1C(=O)NCCN1CC(O)COc1ccc(N)cc1. The minimum Gasteiger partial charge on any atom is -0.491 e. The van der Waals surface area contributed by atoms with Crippen LogP contribution in [0.4, 0.5) is 5.69 Å². The number of hydrogen-bond donors (Lipinski definition) is 3. The molecule has 0 aliphatic carbocycles. The summed E-state index contributed by atoms with van der Waals surface area (Å²) in [6.45, 7) is 3.81. The minimum absolute atomic E-state index is 0.00269. The fourth-order valence-electron chi connectivity index (χ4n) is 2.16. The number of aliphatic hydroxyl groups is 1. The van der Waals surface area contributed by atoms with Crippen molar-refractivity contribution in [1.29, 1.82) is 0 Å². The van der Waals surface area contributed by atoms with Gasteiger partial charge in [-0.25, -0.2) is 0 Å². The fraction of sp³-hybridized carbons (Fsp3) is 0.500. The number of hydrogen-bond acceptors (Lipinski definition) is 5. The van der Waals surface area contributed by atoms with E-state index in [1.807, 2.05) is 11.8 Å². The first-order valence-electron chi connectivity index (χ1n) is 6.74. The summed E-state index contributed by atoms with van der Waals surface area (Å²) < 4.78 is 5.49. The van der Waals surface area contributed by atoms with Gasteiger partial charge in [0, 0.05) is 25.3 Å². The van der Waals surface area contributed by atoms with Crippen molar-refractivity contribution in [3.05, 3.63) is 24.3 Å². The number of carbonyl (C=O) groups excluding carboxylic acids is 1. The number of nitrogens with zero attached hydrogens (tertiary/aromatic N) is 1. The van der Waals surface area contributed by atoms with E-state index in [-0.39, 0.29) is 18.6 Å². The standard InChI is InChI=1S/C14H21N3O3/c1-10-14(19)16-6-7-17(10)8-12(18)9-20-13-4-2-11(15)3-5-13/h2-5,10,12,18H,6-9,15H2,1H3,(H,16,19). The molecule has 1 aromatic rings. The summed E-state index contributed by atoms with van der Waals surface area (Å²) in [4.78, 5) is 13.5. The van der Waals surface area contributed by atoms with Crippen molar-refractivity contribution in [1.82, 2.24) is 10.2 Å². The van der Waals surface area contributed by atoms with Crippen molar-refractivity contribution < 1.29 is 14.6 Å². The molecule has 4 N–H and O–H groups in total. The number of β-amino-alcohol motifs (C(OH)–C–C–N with tert-alkyl or cyclic N) is 1. The summed E-state index contributed by atoms with van der Waals surface area (Å²) in [5.74, 6) is 0.672. The van der Waals surface area contributed by atoms with Crippen LogP contribution in [-0.4, -0.2) is 54.3 Å². The minimum atomic E-state index is -0.638. The Bertz CT molecular complexity index is 449. The van der Waals surface area contributed by atoms with E-state index in [9.17, 15) is 9.90 Å². The first-order valence-corrected chi connectivity index (χ1v) is 6.74. The van der Waals surface area contributed by atoms with Crippen LogP contribution in [0.3, 0.4) is 0 Å². The third-order valence-electron chi connectivity index (χ3n) is 3.39. The molecule has 1 heterocycles. The molecule has 6 nitrogen and oxygen atoms in total. The first kappa shape index (κ1) is 14.6. The van der Waals surface area contributed by atoms with Crippen LogP contribution in [0, 0.1) is 0 Å². The predicted octanol–water partition coefficient (Wildman–Crippen LogP) is -0.171. The number of ether oxygens (including phenoxy) is 1. The van der Waals surface area contributed by atoms with Crippen molar-refractivity contribution in [2.24, 2.45) is 0 Å². The Hall–Kier alpha value is -1.79. The second-order valence-corrected chi connectivity index (χ2v) is 5.00. The second-order valence-electron chi connectivity index (χ2n) is 5.00. The average Bonchev–Trinajstić information content (AvgIpc) is 2.43. The van der Waals surface area contributed by atoms with Crippen molar-refractivity contribution in [2.45, 2.75) is 19.1 Å². The number of benzene rings is 1. The zero-order chi connectivity index (χ0) is 14.5. The van der Waals surface area contributed by atoms with Gasteiger partial charge < -0.3 is 20.9 Å². The second kappa shape index (κ2) is 6.58. The van der Waals surface area contributed by atoms with Gasteiger partial charge in [0.15, 0.2) is 0 Å². The van der Waals surface area contributed by atoms with Gasteiger partial charge in [-0.3, -0.25) is 9.69 Å². The number of carbonyl (C=O) groups is 1. The maximum atomic E-state index is 11.5. The van der Waals surface area contributed by atoms with Gasteiger partial charge in [0.25, 0.3) is 0 Å². The highest BCUT2D eigenvalue weighted by atomic mass is 16.5. The molecule has 1 fully saturated rings. The summed E-state index contributed by atoms with van der Waals surface area (Å²) in [7, 11) is 0. The molecule has 0 aromatic heterocycles. The van der Waals surface area contributed by atoms with Crippen molar-refractivity contribution in [3.63, 3.8) is 0 Å². The molecule has 1 amide bonds. The molecule has 20 heavy (non-hydrogen) atoms. The summed E-state index contributed by atoms with van der Waals surface area (Å²) in [6, 6.07) is 6.81. The molecule has 2 atom stereocenters. The Morgan fingerprint density at radius 3 is 2.90 bits per heavy atom. The van der Waals surface area contributed by atoms with Crippen LogP contribution in [0.1, 0.15) is 6.92 Å². The number of nitrogens with one attached hydrogen (secondary N) is 1. The first-order chi connectivity index (χ1) is 9.56.